The van der Waals surface area contributed by atoms with Gasteiger partial charge >= 0.3 is 0 Å². The van der Waals surface area contributed by atoms with Crippen LogP contribution in [-0.4, -0.2) is 210 Å². The number of aromatic nitrogens is 3. The number of rotatable bonds is 18. The van der Waals surface area contributed by atoms with Crippen LogP contribution in [0.15, 0.2) is 18.3 Å². The molecule has 5 aliphatic rings. The van der Waals surface area contributed by atoms with Gasteiger partial charge in [-0.2, -0.15) is 0 Å². The standard InChI is InChI=1S/C46H69F2N5O17/c1-6-9-28(43(63)52-10-8-11-52)66-42-33(49-22(5)56)44(68-31(18-55)37(42)59)67-29-14-23(13-24(7-2)41(29)70-46-40(62)39(61)35(57)21(4)65-46)19-64-45-38(60)34(36(58)30(17-54)69-45)53-16-27(50-51-53)25-12-20(3)32(48)26(47)15-25/h12,15-16,21,23-24,28-31,33-42,44-46,54-55,57-62H,6-11,13-14,17-19H2,1-5H3,(H,49,56)/t21?,23?,24?,28-,29+,30?,31-,33?,34?,35+,36+,37-,38?,39-,40?,41+,42?,44+,45-,46-/m0/s1. The molecule has 20 atom stereocenters. The molecule has 2 amide bonds. The number of aliphatic hydroxyl groups is 8. The first-order valence-corrected chi connectivity index (χ1v) is 24.2. The highest BCUT2D eigenvalue weighted by Gasteiger charge is 2.53. The van der Waals surface area contributed by atoms with Gasteiger partial charge in [-0.1, -0.05) is 31.9 Å². The van der Waals surface area contributed by atoms with Gasteiger partial charge in [-0.05, 0) is 69.1 Å². The molecule has 5 heterocycles. The molecule has 9 N–H and O–H groups in total. The summed E-state index contributed by atoms with van der Waals surface area (Å²) >= 11 is 0. The summed E-state index contributed by atoms with van der Waals surface area (Å²) in [5, 5.41) is 98.5. The zero-order chi connectivity index (χ0) is 50.7. The molecule has 0 radical (unpaired) electrons. The minimum atomic E-state index is -1.69. The largest absolute Gasteiger partial charge is 0.394 e. The molecule has 9 unspecified atom stereocenters. The number of aliphatic hydroxyl groups excluding tert-OH is 8. The summed E-state index contributed by atoms with van der Waals surface area (Å²) in [5.74, 6) is -3.84. The van der Waals surface area contributed by atoms with Crippen molar-refractivity contribution in [3.05, 3.63) is 35.5 Å². The number of nitrogens with zero attached hydrogens (tertiary/aromatic N) is 4. The van der Waals surface area contributed by atoms with Crippen molar-refractivity contribution < 1.29 is 92.4 Å². The molecule has 0 bridgehead atoms. The lowest BCUT2D eigenvalue weighted by Gasteiger charge is -2.49. The van der Waals surface area contributed by atoms with Crippen molar-refractivity contribution in [1.82, 2.24) is 25.2 Å². The Bertz CT molecular complexity index is 2030. The molecule has 70 heavy (non-hydrogen) atoms. The van der Waals surface area contributed by atoms with Gasteiger partial charge in [0.1, 0.15) is 78.8 Å². The van der Waals surface area contributed by atoms with Crippen molar-refractivity contribution >= 4 is 11.8 Å². The number of nitrogens with one attached hydrogen (secondary N) is 1. The molecule has 4 saturated heterocycles. The zero-order valence-corrected chi connectivity index (χ0v) is 39.9. The van der Waals surface area contributed by atoms with Gasteiger partial charge in [0.05, 0.1) is 44.3 Å². The third kappa shape index (κ3) is 11.7. The molecule has 22 nitrogen and oxygen atoms in total. The van der Waals surface area contributed by atoms with E-state index in [2.05, 4.69) is 15.6 Å². The molecule has 1 aromatic heterocycles. The van der Waals surface area contributed by atoms with E-state index in [1.54, 1.807) is 4.90 Å². The number of carbonyl (C=O) groups excluding carboxylic acids is 2. The SMILES string of the molecule is CCC[C@H](OC1C(NC(C)=O)[C@H](O[C@@H]2CC(CO[C@H]3OC(CO)[C@@H](O)C(n4cc(-c5cc(C)c(F)c(F)c5)nn4)C3O)CC(CC)[C@H]2O[C@@H]2OC(C)[C@@H](O)[C@H](O)C2O)O[C@@H](CO)[C@@H]1O)C(=O)N1CCC1. The number of likely N-dealkylation sites (tertiary alicyclic amines) is 1. The molecular weight excluding hydrogens is 933 g/mol. The topological polar surface area (TPSA) is 307 Å². The minimum absolute atomic E-state index is 0.0209. The van der Waals surface area contributed by atoms with Crippen LogP contribution in [-0.2, 0) is 42.7 Å². The molecule has 1 saturated carbocycles. The first-order chi connectivity index (χ1) is 33.4. The molecule has 7 rings (SSSR count). The lowest BCUT2D eigenvalue weighted by molar-refractivity contribution is -0.340. The maximum Gasteiger partial charge on any atom is 0.251 e. The summed E-state index contributed by atoms with van der Waals surface area (Å²) in [6, 6.07) is -0.261. The zero-order valence-electron chi connectivity index (χ0n) is 39.9. The third-order valence-electron chi connectivity index (χ3n) is 14.2. The van der Waals surface area contributed by atoms with Gasteiger partial charge in [0.2, 0.25) is 5.91 Å². The van der Waals surface area contributed by atoms with Crippen molar-refractivity contribution in [3.63, 3.8) is 0 Å². The van der Waals surface area contributed by atoms with Crippen LogP contribution in [0.1, 0.15) is 77.8 Å². The maximum absolute atomic E-state index is 14.3. The Labute approximate surface area is 403 Å². The Hall–Kier alpha value is -3.44. The van der Waals surface area contributed by atoms with E-state index in [9.17, 15) is 59.2 Å². The number of halogens is 2. The van der Waals surface area contributed by atoms with E-state index in [0.29, 0.717) is 32.4 Å². The first kappa shape index (κ1) is 54.3. The predicted molar refractivity (Wildman–Crippen MR) is 236 cm³/mol. The highest BCUT2D eigenvalue weighted by Crippen LogP contribution is 2.41. The molecule has 24 heteroatoms. The van der Waals surface area contributed by atoms with Gasteiger partial charge in [0.15, 0.2) is 30.5 Å². The lowest BCUT2D eigenvalue weighted by Crippen LogP contribution is -2.67. The smallest absolute Gasteiger partial charge is 0.251 e. The molecule has 0 spiro atoms. The van der Waals surface area contributed by atoms with Crippen molar-refractivity contribution in [3.8, 4) is 11.3 Å². The fraction of sp³-hybridized carbons (Fsp3) is 0.783. The Kier molecular flexibility index (Phi) is 18.3. The molecule has 2 aromatic rings. The van der Waals surface area contributed by atoms with E-state index in [1.165, 1.54) is 33.0 Å². The number of benzene rings is 1. The van der Waals surface area contributed by atoms with E-state index >= 15 is 0 Å². The van der Waals surface area contributed by atoms with Crippen LogP contribution in [0.2, 0.25) is 0 Å². The monoisotopic (exact) mass is 1000 g/mol. The highest BCUT2D eigenvalue weighted by atomic mass is 19.2. The Morgan fingerprint density at radius 3 is 2.20 bits per heavy atom. The number of amides is 2. The highest BCUT2D eigenvalue weighted by molar-refractivity contribution is 5.81. The van der Waals surface area contributed by atoms with Gasteiger partial charge in [-0.3, -0.25) is 9.59 Å². The van der Waals surface area contributed by atoms with E-state index < -0.39 is 153 Å². The maximum atomic E-state index is 14.3. The van der Waals surface area contributed by atoms with Crippen molar-refractivity contribution in [1.29, 1.82) is 0 Å². The molecule has 1 aromatic carbocycles. The Morgan fingerprint density at radius 2 is 1.57 bits per heavy atom. The van der Waals surface area contributed by atoms with Crippen LogP contribution < -0.4 is 5.32 Å². The van der Waals surface area contributed by atoms with Gasteiger partial charge in [0, 0.05) is 25.6 Å². The van der Waals surface area contributed by atoms with Crippen molar-refractivity contribution in [2.45, 2.75) is 183 Å². The predicted octanol–water partition coefficient (Wildman–Crippen LogP) is -1.07. The van der Waals surface area contributed by atoms with Crippen LogP contribution in [0.25, 0.3) is 11.3 Å². The average molecular weight is 1000 g/mol. The second-order valence-corrected chi connectivity index (χ2v) is 19.2. The Balaban J connectivity index is 1.15. The summed E-state index contributed by atoms with van der Waals surface area (Å²) in [6.45, 7) is 7.43. The number of hydrogen-bond donors (Lipinski definition) is 9. The first-order valence-electron chi connectivity index (χ1n) is 24.2. The second-order valence-electron chi connectivity index (χ2n) is 19.2. The van der Waals surface area contributed by atoms with Gasteiger partial charge < -0.3 is 84.2 Å². The fourth-order valence-electron chi connectivity index (χ4n) is 10.1. The molecule has 4 aliphatic heterocycles. The van der Waals surface area contributed by atoms with E-state index in [4.69, 9.17) is 33.2 Å². The summed E-state index contributed by atoms with van der Waals surface area (Å²) in [4.78, 5) is 28.1. The van der Waals surface area contributed by atoms with Crippen LogP contribution >= 0.6 is 0 Å². The van der Waals surface area contributed by atoms with E-state index in [-0.39, 0.29) is 42.2 Å². The second kappa shape index (κ2) is 23.6. The third-order valence-corrected chi connectivity index (χ3v) is 14.2. The lowest BCUT2D eigenvalue weighted by atomic mass is 9.76. The summed E-state index contributed by atoms with van der Waals surface area (Å²) in [7, 11) is 0. The number of aryl methyl sites for hydroxylation is 1. The summed E-state index contributed by atoms with van der Waals surface area (Å²) < 4.78 is 73.4. The van der Waals surface area contributed by atoms with Crippen molar-refractivity contribution in [2.75, 3.05) is 32.9 Å². The van der Waals surface area contributed by atoms with Crippen LogP contribution in [0, 0.1) is 30.4 Å². The van der Waals surface area contributed by atoms with Crippen molar-refractivity contribution in [2.24, 2.45) is 11.8 Å². The molecule has 1 aliphatic carbocycles. The molecule has 5 fully saturated rings. The molecule has 394 valence electrons. The van der Waals surface area contributed by atoms with E-state index in [0.717, 1.165) is 17.2 Å². The quantitative estimate of drug-likeness (QED) is 0.0859. The van der Waals surface area contributed by atoms with Crippen LogP contribution in [0.3, 0.4) is 0 Å². The van der Waals surface area contributed by atoms with Crippen LogP contribution in [0.4, 0.5) is 8.78 Å². The number of ether oxygens (including phenoxy) is 7. The average Bonchev–Trinajstić information content (AvgIpc) is 3.80. The molecular formula is C46H69F2N5O17. The van der Waals surface area contributed by atoms with Gasteiger partial charge in [-0.25, -0.2) is 13.5 Å². The van der Waals surface area contributed by atoms with Crippen LogP contribution in [0.5, 0.6) is 0 Å². The Morgan fingerprint density at radius 1 is 0.871 bits per heavy atom. The number of hydrogen-bond acceptors (Lipinski definition) is 19. The minimum Gasteiger partial charge on any atom is -0.394 e. The number of carbonyl (C=O) groups is 2. The summed E-state index contributed by atoms with van der Waals surface area (Å²) in [5.41, 5.74) is 0.313. The van der Waals surface area contributed by atoms with E-state index in [1.807, 2.05) is 13.8 Å². The van der Waals surface area contributed by atoms with Gasteiger partial charge in [0.25, 0.3) is 5.91 Å². The van der Waals surface area contributed by atoms with Gasteiger partial charge in [-0.15, -0.1) is 5.10 Å². The summed E-state index contributed by atoms with van der Waals surface area (Å²) in [6.07, 6.45) is -17.9. The normalized spacial score (nSPS) is 38.5. The fourth-order valence-corrected chi connectivity index (χ4v) is 10.1.